The number of ether oxygens (including phenoxy) is 1. The number of rotatable bonds is 8. The van der Waals surface area contributed by atoms with Gasteiger partial charge in [0.05, 0.1) is 6.10 Å². The van der Waals surface area contributed by atoms with Crippen LogP contribution in [0.25, 0.3) is 17.1 Å². The molecule has 2 aromatic carbocycles. The minimum Gasteiger partial charge on any atom is -0.491 e. The van der Waals surface area contributed by atoms with Crippen molar-refractivity contribution in [1.82, 2.24) is 19.7 Å². The summed E-state index contributed by atoms with van der Waals surface area (Å²) < 4.78 is 33.7. The van der Waals surface area contributed by atoms with Crippen LogP contribution in [0.5, 0.6) is 5.75 Å². The van der Waals surface area contributed by atoms with E-state index in [2.05, 4.69) is 15.2 Å². The van der Waals surface area contributed by atoms with Gasteiger partial charge in [0, 0.05) is 29.4 Å². The summed E-state index contributed by atoms with van der Waals surface area (Å²) in [6, 6.07) is 15.2. The molecule has 0 amide bonds. The lowest BCUT2D eigenvalue weighted by atomic mass is 10.2. The molecule has 4 rings (SSSR count). The summed E-state index contributed by atoms with van der Waals surface area (Å²) in [4.78, 5) is 4.02. The van der Waals surface area contributed by atoms with Crippen molar-refractivity contribution in [2.75, 3.05) is 12.4 Å². The number of nitrogens with zero attached hydrogens (tertiary/aromatic N) is 4. The number of thioether (sulfide) groups is 1. The van der Waals surface area contributed by atoms with E-state index in [0.29, 0.717) is 22.4 Å². The van der Waals surface area contributed by atoms with Gasteiger partial charge in [-0.15, -0.1) is 10.2 Å². The molecule has 2 aromatic heterocycles. The van der Waals surface area contributed by atoms with Gasteiger partial charge in [0.1, 0.15) is 24.0 Å². The van der Waals surface area contributed by atoms with Gasteiger partial charge in [-0.05, 0) is 60.7 Å². The highest BCUT2D eigenvalue weighted by atomic mass is 32.2. The summed E-state index contributed by atoms with van der Waals surface area (Å²) >= 11 is 1.30. The maximum Gasteiger partial charge on any atom is 0.196 e. The van der Waals surface area contributed by atoms with E-state index in [1.165, 1.54) is 48.2 Å². The van der Waals surface area contributed by atoms with Crippen LogP contribution in [0, 0.1) is 11.6 Å². The van der Waals surface area contributed by atoms with Crippen LogP contribution in [-0.2, 0) is 0 Å². The van der Waals surface area contributed by atoms with E-state index in [0.717, 1.165) is 5.56 Å². The SMILES string of the molecule is OC(COc1ccc(F)cc1)CSc1nnc(-c2ccncc2)n1-c1ccc(F)cc1. The fourth-order valence-electron chi connectivity index (χ4n) is 2.82. The molecule has 158 valence electrons. The monoisotopic (exact) mass is 440 g/mol. The average Bonchev–Trinajstić information content (AvgIpc) is 3.22. The molecule has 6 nitrogen and oxygen atoms in total. The second-order valence-electron chi connectivity index (χ2n) is 6.58. The summed E-state index contributed by atoms with van der Waals surface area (Å²) in [6.45, 7) is 0.0422. The zero-order valence-corrected chi connectivity index (χ0v) is 17.0. The lowest BCUT2D eigenvalue weighted by Gasteiger charge is -2.13. The first-order chi connectivity index (χ1) is 15.1. The first kappa shape index (κ1) is 21.0. The summed E-state index contributed by atoms with van der Waals surface area (Å²) in [7, 11) is 0. The van der Waals surface area contributed by atoms with Gasteiger partial charge in [0.15, 0.2) is 11.0 Å². The van der Waals surface area contributed by atoms with Crippen molar-refractivity contribution in [2.45, 2.75) is 11.3 Å². The standard InChI is InChI=1S/C22H18F2N4O2S/c23-16-1-5-18(6-2-16)28-21(15-9-11-25-12-10-15)26-27-22(28)31-14-19(29)13-30-20-7-3-17(24)4-8-20/h1-12,19,29H,13-14H2. The lowest BCUT2D eigenvalue weighted by Crippen LogP contribution is -2.20. The van der Waals surface area contributed by atoms with Crippen LogP contribution >= 0.6 is 11.8 Å². The third-order valence-electron chi connectivity index (χ3n) is 4.32. The Labute approximate surface area is 181 Å². The summed E-state index contributed by atoms with van der Waals surface area (Å²) in [5.41, 5.74) is 1.50. The largest absolute Gasteiger partial charge is 0.491 e. The van der Waals surface area contributed by atoms with Crippen molar-refractivity contribution >= 4 is 11.8 Å². The van der Waals surface area contributed by atoms with Gasteiger partial charge in [-0.3, -0.25) is 9.55 Å². The summed E-state index contributed by atoms with van der Waals surface area (Å²) in [6.07, 6.45) is 2.52. The molecule has 0 aliphatic carbocycles. The van der Waals surface area contributed by atoms with Gasteiger partial charge < -0.3 is 9.84 Å². The van der Waals surface area contributed by atoms with Crippen LogP contribution in [0.2, 0.25) is 0 Å². The van der Waals surface area contributed by atoms with E-state index in [9.17, 15) is 13.9 Å². The number of aliphatic hydroxyl groups excluding tert-OH is 1. The fraction of sp³-hybridized carbons (Fsp3) is 0.136. The highest BCUT2D eigenvalue weighted by molar-refractivity contribution is 7.99. The molecule has 0 saturated heterocycles. The van der Waals surface area contributed by atoms with Crippen molar-refractivity contribution in [3.05, 3.63) is 84.7 Å². The third-order valence-corrected chi connectivity index (χ3v) is 5.39. The molecular formula is C22H18F2N4O2S. The third kappa shape index (κ3) is 5.25. The molecule has 0 aliphatic heterocycles. The van der Waals surface area contributed by atoms with Crippen LogP contribution in [0.1, 0.15) is 0 Å². The highest BCUT2D eigenvalue weighted by Gasteiger charge is 2.18. The van der Waals surface area contributed by atoms with Crippen molar-refractivity contribution in [3.63, 3.8) is 0 Å². The molecule has 0 radical (unpaired) electrons. The van der Waals surface area contributed by atoms with Crippen LogP contribution < -0.4 is 4.74 Å². The molecule has 0 aliphatic rings. The predicted octanol–water partition coefficient (Wildman–Crippen LogP) is 4.14. The van der Waals surface area contributed by atoms with Crippen LogP contribution in [0.15, 0.2) is 78.2 Å². The number of aromatic nitrogens is 4. The molecule has 1 unspecified atom stereocenters. The summed E-state index contributed by atoms with van der Waals surface area (Å²) in [5.74, 6) is 0.642. The first-order valence-corrected chi connectivity index (χ1v) is 10.4. The maximum absolute atomic E-state index is 13.4. The van der Waals surface area contributed by atoms with E-state index in [4.69, 9.17) is 4.74 Å². The normalized spacial score (nSPS) is 12.0. The van der Waals surface area contributed by atoms with Gasteiger partial charge in [-0.1, -0.05) is 11.8 Å². The van der Waals surface area contributed by atoms with Crippen LogP contribution in [0.3, 0.4) is 0 Å². The molecule has 9 heteroatoms. The molecule has 1 N–H and O–H groups in total. The topological polar surface area (TPSA) is 73.1 Å². The Morgan fingerprint density at radius 3 is 2.23 bits per heavy atom. The van der Waals surface area contributed by atoms with E-state index in [-0.39, 0.29) is 24.0 Å². The molecular weight excluding hydrogens is 422 g/mol. The molecule has 0 saturated carbocycles. The summed E-state index contributed by atoms with van der Waals surface area (Å²) in [5, 5.41) is 19.4. The zero-order valence-electron chi connectivity index (χ0n) is 16.2. The number of hydrogen-bond donors (Lipinski definition) is 1. The smallest absolute Gasteiger partial charge is 0.196 e. The van der Waals surface area contributed by atoms with Crippen molar-refractivity contribution < 1.29 is 18.6 Å². The fourth-order valence-corrected chi connectivity index (χ4v) is 3.67. The molecule has 4 aromatic rings. The van der Waals surface area contributed by atoms with Gasteiger partial charge in [-0.25, -0.2) is 8.78 Å². The zero-order chi connectivity index (χ0) is 21.6. The minimum absolute atomic E-state index is 0.0422. The second kappa shape index (κ2) is 9.67. The Morgan fingerprint density at radius 2 is 1.55 bits per heavy atom. The number of halogens is 2. The van der Waals surface area contributed by atoms with Gasteiger partial charge in [0.2, 0.25) is 0 Å². The molecule has 31 heavy (non-hydrogen) atoms. The number of benzene rings is 2. The predicted molar refractivity (Wildman–Crippen MR) is 113 cm³/mol. The van der Waals surface area contributed by atoms with Gasteiger partial charge in [0.25, 0.3) is 0 Å². The van der Waals surface area contributed by atoms with Crippen LogP contribution in [-0.4, -0.2) is 43.3 Å². The van der Waals surface area contributed by atoms with E-state index < -0.39 is 6.10 Å². The highest BCUT2D eigenvalue weighted by Crippen LogP contribution is 2.28. The first-order valence-electron chi connectivity index (χ1n) is 9.41. The van der Waals surface area contributed by atoms with Gasteiger partial charge in [-0.2, -0.15) is 0 Å². The number of aliphatic hydroxyl groups is 1. The molecule has 2 heterocycles. The Kier molecular flexibility index (Phi) is 6.54. The average molecular weight is 440 g/mol. The Bertz CT molecular complexity index is 1120. The maximum atomic E-state index is 13.4. The minimum atomic E-state index is -0.794. The van der Waals surface area contributed by atoms with Crippen molar-refractivity contribution in [2.24, 2.45) is 0 Å². The Balaban J connectivity index is 1.50. The van der Waals surface area contributed by atoms with Crippen molar-refractivity contribution in [1.29, 1.82) is 0 Å². The number of hydrogen-bond acceptors (Lipinski definition) is 6. The second-order valence-corrected chi connectivity index (χ2v) is 7.57. The Hall–Kier alpha value is -3.30. The lowest BCUT2D eigenvalue weighted by molar-refractivity contribution is 0.126. The van der Waals surface area contributed by atoms with Crippen LogP contribution in [0.4, 0.5) is 8.78 Å². The Morgan fingerprint density at radius 1 is 0.903 bits per heavy atom. The van der Waals surface area contributed by atoms with Crippen molar-refractivity contribution in [3.8, 4) is 22.8 Å². The van der Waals surface area contributed by atoms with E-state index >= 15 is 0 Å². The molecule has 0 bridgehead atoms. The van der Waals surface area contributed by atoms with Gasteiger partial charge >= 0.3 is 0 Å². The van der Waals surface area contributed by atoms with E-state index in [1.54, 1.807) is 29.1 Å². The molecule has 0 spiro atoms. The molecule has 0 fully saturated rings. The van der Waals surface area contributed by atoms with E-state index in [1.807, 2.05) is 12.1 Å². The quantitative estimate of drug-likeness (QED) is 0.415. The molecule has 1 atom stereocenters. The number of pyridine rings is 1.